The number of allylic oxidation sites excluding steroid dienone is 1. The standard InChI is InChI=1S/C15H18O/c1-11-7-8-12-9-14(11)15(16-10-12)13-5-3-2-4-6-13/h2-7,12,14-15H,8-10H2,1H3/t12-,14+,15-/m0/s1. The minimum Gasteiger partial charge on any atom is -0.373 e. The van der Waals surface area contributed by atoms with E-state index in [1.165, 1.54) is 24.0 Å². The third-order valence-corrected chi connectivity index (χ3v) is 3.95. The Bertz CT molecular complexity index is 393. The smallest absolute Gasteiger partial charge is 0.0890 e. The van der Waals surface area contributed by atoms with Crippen molar-refractivity contribution in [2.24, 2.45) is 11.8 Å². The molecule has 1 heteroatoms. The lowest BCUT2D eigenvalue weighted by Gasteiger charge is -2.40. The largest absolute Gasteiger partial charge is 0.373 e. The van der Waals surface area contributed by atoms with E-state index in [-0.39, 0.29) is 6.10 Å². The lowest BCUT2D eigenvalue weighted by Crippen LogP contribution is -2.32. The average Bonchev–Trinajstić information content (AvgIpc) is 2.36. The van der Waals surface area contributed by atoms with Gasteiger partial charge in [-0.3, -0.25) is 0 Å². The lowest BCUT2D eigenvalue weighted by molar-refractivity contribution is -0.0512. The van der Waals surface area contributed by atoms with E-state index < -0.39 is 0 Å². The molecule has 3 rings (SSSR count). The summed E-state index contributed by atoms with van der Waals surface area (Å²) in [5.74, 6) is 1.36. The van der Waals surface area contributed by atoms with Crippen LogP contribution in [0.1, 0.15) is 31.4 Å². The summed E-state index contributed by atoms with van der Waals surface area (Å²) in [6.07, 6.45) is 5.22. The molecule has 1 aliphatic heterocycles. The fourth-order valence-electron chi connectivity index (χ4n) is 2.97. The summed E-state index contributed by atoms with van der Waals surface area (Å²) in [4.78, 5) is 0. The van der Waals surface area contributed by atoms with E-state index in [2.05, 4.69) is 43.3 Å². The molecule has 16 heavy (non-hydrogen) atoms. The van der Waals surface area contributed by atoms with Crippen molar-refractivity contribution in [3.05, 3.63) is 47.5 Å². The van der Waals surface area contributed by atoms with Crippen LogP contribution in [-0.2, 0) is 4.74 Å². The SMILES string of the molecule is CC1=CC[C@@H]2CO[C@@H](c3ccccc3)[C@@H]1C2. The van der Waals surface area contributed by atoms with Gasteiger partial charge in [-0.2, -0.15) is 0 Å². The molecule has 3 atom stereocenters. The highest BCUT2D eigenvalue weighted by atomic mass is 16.5. The molecule has 1 fully saturated rings. The van der Waals surface area contributed by atoms with E-state index in [4.69, 9.17) is 4.74 Å². The van der Waals surface area contributed by atoms with Crippen molar-refractivity contribution in [1.82, 2.24) is 0 Å². The van der Waals surface area contributed by atoms with Crippen LogP contribution >= 0.6 is 0 Å². The number of fused-ring (bicyclic) bond motifs is 2. The maximum Gasteiger partial charge on any atom is 0.0890 e. The first-order chi connectivity index (χ1) is 7.84. The Balaban J connectivity index is 1.91. The van der Waals surface area contributed by atoms with E-state index in [0.29, 0.717) is 5.92 Å². The first kappa shape index (κ1) is 10.1. The van der Waals surface area contributed by atoms with Crippen molar-refractivity contribution in [2.75, 3.05) is 6.61 Å². The van der Waals surface area contributed by atoms with Gasteiger partial charge in [0.05, 0.1) is 12.7 Å². The van der Waals surface area contributed by atoms with Crippen molar-refractivity contribution in [3.63, 3.8) is 0 Å². The zero-order valence-electron chi connectivity index (χ0n) is 9.73. The van der Waals surface area contributed by atoms with E-state index in [9.17, 15) is 0 Å². The molecule has 0 amide bonds. The predicted octanol–water partition coefficient (Wildman–Crippen LogP) is 3.73. The first-order valence-electron chi connectivity index (χ1n) is 6.18. The summed E-state index contributed by atoms with van der Waals surface area (Å²) in [7, 11) is 0. The number of hydrogen-bond donors (Lipinski definition) is 0. The second-order valence-electron chi connectivity index (χ2n) is 5.06. The predicted molar refractivity (Wildman–Crippen MR) is 65.1 cm³/mol. The van der Waals surface area contributed by atoms with Crippen molar-refractivity contribution >= 4 is 0 Å². The van der Waals surface area contributed by atoms with Gasteiger partial charge in [-0.1, -0.05) is 42.0 Å². The molecule has 0 unspecified atom stereocenters. The molecule has 2 bridgehead atoms. The van der Waals surface area contributed by atoms with Gasteiger partial charge < -0.3 is 4.74 Å². The molecule has 1 aromatic rings. The van der Waals surface area contributed by atoms with Crippen molar-refractivity contribution in [3.8, 4) is 0 Å². The summed E-state index contributed by atoms with van der Waals surface area (Å²) >= 11 is 0. The molecule has 2 aliphatic rings. The van der Waals surface area contributed by atoms with Crippen LogP contribution < -0.4 is 0 Å². The summed E-state index contributed by atoms with van der Waals surface area (Å²) in [6, 6.07) is 10.7. The van der Waals surface area contributed by atoms with Gasteiger partial charge >= 0.3 is 0 Å². The molecule has 0 spiro atoms. The van der Waals surface area contributed by atoms with Crippen LogP contribution in [0.15, 0.2) is 42.0 Å². The molecule has 0 radical (unpaired) electrons. The normalized spacial score (nSPS) is 33.3. The molecule has 0 N–H and O–H groups in total. The van der Waals surface area contributed by atoms with Gasteiger partial charge in [0, 0.05) is 5.92 Å². The summed E-state index contributed by atoms with van der Waals surface area (Å²) in [5.41, 5.74) is 2.85. The number of rotatable bonds is 1. The topological polar surface area (TPSA) is 9.23 Å². The Morgan fingerprint density at radius 3 is 2.81 bits per heavy atom. The molecule has 1 saturated heterocycles. The molecule has 1 nitrogen and oxygen atoms in total. The van der Waals surface area contributed by atoms with Crippen molar-refractivity contribution < 1.29 is 4.74 Å². The molecule has 1 aromatic carbocycles. The number of benzene rings is 1. The maximum absolute atomic E-state index is 6.06. The first-order valence-corrected chi connectivity index (χ1v) is 6.18. The van der Waals surface area contributed by atoms with Gasteiger partial charge in [0.1, 0.15) is 0 Å². The van der Waals surface area contributed by atoms with Gasteiger partial charge in [-0.05, 0) is 31.2 Å². The van der Waals surface area contributed by atoms with Crippen LogP contribution in [0.25, 0.3) is 0 Å². The van der Waals surface area contributed by atoms with Gasteiger partial charge in [0.15, 0.2) is 0 Å². The van der Waals surface area contributed by atoms with E-state index >= 15 is 0 Å². The van der Waals surface area contributed by atoms with E-state index in [0.717, 1.165) is 12.5 Å². The lowest BCUT2D eigenvalue weighted by atomic mass is 9.75. The van der Waals surface area contributed by atoms with Crippen molar-refractivity contribution in [1.29, 1.82) is 0 Å². The van der Waals surface area contributed by atoms with Crippen LogP contribution in [0.2, 0.25) is 0 Å². The minimum atomic E-state index is 0.286. The molecule has 0 aromatic heterocycles. The molecule has 1 aliphatic carbocycles. The van der Waals surface area contributed by atoms with E-state index in [1.54, 1.807) is 0 Å². The molecule has 84 valence electrons. The Labute approximate surface area is 97.1 Å². The highest BCUT2D eigenvalue weighted by Gasteiger charge is 2.35. The molecule has 0 saturated carbocycles. The average molecular weight is 214 g/mol. The Morgan fingerprint density at radius 2 is 2.00 bits per heavy atom. The molecular formula is C15H18O. The van der Waals surface area contributed by atoms with Gasteiger partial charge in [0.2, 0.25) is 0 Å². The van der Waals surface area contributed by atoms with Gasteiger partial charge in [0.25, 0.3) is 0 Å². The number of ether oxygens (including phenoxy) is 1. The maximum atomic E-state index is 6.06. The third-order valence-electron chi connectivity index (χ3n) is 3.95. The monoisotopic (exact) mass is 214 g/mol. The Kier molecular flexibility index (Phi) is 2.56. The quantitative estimate of drug-likeness (QED) is 0.647. The second kappa shape index (κ2) is 4.06. The molecule has 1 heterocycles. The minimum absolute atomic E-state index is 0.286. The highest BCUT2D eigenvalue weighted by molar-refractivity contribution is 5.23. The number of hydrogen-bond acceptors (Lipinski definition) is 1. The second-order valence-corrected chi connectivity index (χ2v) is 5.06. The zero-order chi connectivity index (χ0) is 11.0. The van der Waals surface area contributed by atoms with Gasteiger partial charge in [-0.25, -0.2) is 0 Å². The molecular weight excluding hydrogens is 196 g/mol. The zero-order valence-corrected chi connectivity index (χ0v) is 9.73. The van der Waals surface area contributed by atoms with Crippen LogP contribution in [0.3, 0.4) is 0 Å². The van der Waals surface area contributed by atoms with Crippen LogP contribution in [0, 0.1) is 11.8 Å². The Hall–Kier alpha value is -1.08. The fourth-order valence-corrected chi connectivity index (χ4v) is 2.97. The fraction of sp³-hybridized carbons (Fsp3) is 0.467. The Morgan fingerprint density at radius 1 is 1.19 bits per heavy atom. The van der Waals surface area contributed by atoms with E-state index in [1.807, 2.05) is 0 Å². The summed E-state index contributed by atoms with van der Waals surface area (Å²) in [6.45, 7) is 3.19. The van der Waals surface area contributed by atoms with Crippen LogP contribution in [0.4, 0.5) is 0 Å². The van der Waals surface area contributed by atoms with Gasteiger partial charge in [-0.15, -0.1) is 0 Å². The highest BCUT2D eigenvalue weighted by Crippen LogP contribution is 2.43. The van der Waals surface area contributed by atoms with Crippen molar-refractivity contribution in [2.45, 2.75) is 25.9 Å². The third kappa shape index (κ3) is 1.69. The van der Waals surface area contributed by atoms with Crippen LogP contribution in [0.5, 0.6) is 0 Å². The summed E-state index contributed by atoms with van der Waals surface area (Å²) < 4.78 is 6.06. The van der Waals surface area contributed by atoms with Crippen LogP contribution in [-0.4, -0.2) is 6.61 Å². The summed E-state index contributed by atoms with van der Waals surface area (Å²) in [5, 5.41) is 0.